The van der Waals surface area contributed by atoms with Crippen molar-refractivity contribution >= 4 is 17.1 Å². The van der Waals surface area contributed by atoms with Crippen molar-refractivity contribution in [3.8, 4) is 17.1 Å². The second kappa shape index (κ2) is 6.93. The highest BCUT2D eigenvalue weighted by Crippen LogP contribution is 2.24. The number of benzene rings is 2. The van der Waals surface area contributed by atoms with Crippen molar-refractivity contribution < 1.29 is 13.6 Å². The molecule has 0 aliphatic carbocycles. The average molecular weight is 395 g/mol. The molecular weight excluding hydrogens is 380 g/mol. The van der Waals surface area contributed by atoms with Crippen LogP contribution in [-0.2, 0) is 6.54 Å². The number of carbonyl (C=O) groups excluding carboxylic acids is 1. The van der Waals surface area contributed by atoms with Gasteiger partial charge in [-0.25, -0.2) is 28.1 Å². The molecule has 4 aromatic rings. The number of fused-ring (bicyclic) bond motifs is 1. The molecule has 0 radical (unpaired) electrons. The van der Waals surface area contributed by atoms with E-state index in [2.05, 4.69) is 9.97 Å². The Hall–Kier alpha value is -3.88. The van der Waals surface area contributed by atoms with Crippen LogP contribution in [0.25, 0.3) is 28.2 Å². The predicted molar refractivity (Wildman–Crippen MR) is 103 cm³/mol. The van der Waals surface area contributed by atoms with E-state index in [-0.39, 0.29) is 29.2 Å². The molecule has 4 rings (SSSR count). The smallest absolute Gasteiger partial charge is 0.335 e. The first-order valence-corrected chi connectivity index (χ1v) is 8.75. The van der Waals surface area contributed by atoms with E-state index in [1.165, 1.54) is 51.6 Å². The van der Waals surface area contributed by atoms with Gasteiger partial charge in [-0.2, -0.15) is 0 Å². The number of aromatic nitrogens is 4. The van der Waals surface area contributed by atoms with Gasteiger partial charge in [-0.05, 0) is 43.3 Å². The van der Waals surface area contributed by atoms with Crippen LogP contribution in [0.4, 0.5) is 8.78 Å². The van der Waals surface area contributed by atoms with Crippen LogP contribution in [-0.4, -0.2) is 25.0 Å². The zero-order valence-corrected chi connectivity index (χ0v) is 15.3. The van der Waals surface area contributed by atoms with Gasteiger partial charge in [-0.3, -0.25) is 9.36 Å². The van der Waals surface area contributed by atoms with Gasteiger partial charge in [0.2, 0.25) is 0 Å². The Kier molecular flexibility index (Phi) is 4.42. The standard InChI is InChI=1S/C20H15F2N5O2/c1-2-26-16-15(17(23)28)24-18(11-4-3-5-13(22)10-11)25-19(16)27(20(26)29)14-8-6-12(21)7-9-14/h3-10H,2H2,1H3,(H2,23,28). The van der Waals surface area contributed by atoms with Crippen LogP contribution in [0.1, 0.15) is 17.4 Å². The zero-order valence-electron chi connectivity index (χ0n) is 15.3. The fraction of sp³-hybridized carbons (Fsp3) is 0.100. The predicted octanol–water partition coefficient (Wildman–Crippen LogP) is 2.65. The minimum atomic E-state index is -0.853. The fourth-order valence-corrected chi connectivity index (χ4v) is 3.20. The van der Waals surface area contributed by atoms with Gasteiger partial charge in [0, 0.05) is 12.1 Å². The number of carbonyl (C=O) groups is 1. The van der Waals surface area contributed by atoms with Gasteiger partial charge in [-0.15, -0.1) is 0 Å². The van der Waals surface area contributed by atoms with Gasteiger partial charge in [0.15, 0.2) is 17.2 Å². The van der Waals surface area contributed by atoms with Crippen LogP contribution in [0.2, 0.25) is 0 Å². The lowest BCUT2D eigenvalue weighted by molar-refractivity contribution is 0.0997. The number of rotatable bonds is 4. The Morgan fingerprint density at radius 3 is 2.41 bits per heavy atom. The molecule has 0 saturated carbocycles. The first-order valence-electron chi connectivity index (χ1n) is 8.75. The van der Waals surface area contributed by atoms with E-state index < -0.39 is 23.2 Å². The highest BCUT2D eigenvalue weighted by molar-refractivity contribution is 6.02. The summed E-state index contributed by atoms with van der Waals surface area (Å²) in [5.74, 6) is -1.79. The van der Waals surface area contributed by atoms with E-state index >= 15 is 0 Å². The quantitative estimate of drug-likeness (QED) is 0.575. The molecule has 0 aliphatic rings. The number of halogens is 2. The van der Waals surface area contributed by atoms with Crippen molar-refractivity contribution in [2.24, 2.45) is 5.73 Å². The van der Waals surface area contributed by atoms with E-state index in [9.17, 15) is 18.4 Å². The first kappa shape index (κ1) is 18.5. The maximum Gasteiger partial charge on any atom is 0.335 e. The molecule has 9 heteroatoms. The van der Waals surface area contributed by atoms with Gasteiger partial charge in [-0.1, -0.05) is 12.1 Å². The van der Waals surface area contributed by atoms with Gasteiger partial charge in [0.25, 0.3) is 5.91 Å². The molecule has 2 aromatic carbocycles. The molecule has 0 unspecified atom stereocenters. The lowest BCUT2D eigenvalue weighted by atomic mass is 10.2. The van der Waals surface area contributed by atoms with Crippen molar-refractivity contribution in [1.82, 2.24) is 19.1 Å². The maximum absolute atomic E-state index is 13.7. The third-order valence-electron chi connectivity index (χ3n) is 4.49. The van der Waals surface area contributed by atoms with Crippen molar-refractivity contribution in [1.29, 1.82) is 0 Å². The molecule has 2 heterocycles. The Morgan fingerprint density at radius 2 is 1.79 bits per heavy atom. The highest BCUT2D eigenvalue weighted by Gasteiger charge is 2.23. The minimum absolute atomic E-state index is 0.0370. The van der Waals surface area contributed by atoms with Crippen LogP contribution in [0.3, 0.4) is 0 Å². The summed E-state index contributed by atoms with van der Waals surface area (Å²) >= 11 is 0. The van der Waals surface area contributed by atoms with Crippen molar-refractivity contribution in [3.63, 3.8) is 0 Å². The van der Waals surface area contributed by atoms with Crippen molar-refractivity contribution in [3.05, 3.63) is 76.3 Å². The summed E-state index contributed by atoms with van der Waals surface area (Å²) in [6, 6.07) is 10.8. The van der Waals surface area contributed by atoms with Crippen LogP contribution >= 0.6 is 0 Å². The molecule has 0 bridgehead atoms. The summed E-state index contributed by atoms with van der Waals surface area (Å²) in [6.45, 7) is 1.95. The summed E-state index contributed by atoms with van der Waals surface area (Å²) in [5, 5.41) is 0. The minimum Gasteiger partial charge on any atom is -0.364 e. The average Bonchev–Trinajstić information content (AvgIpc) is 2.99. The Labute approximate surface area is 163 Å². The Balaban J connectivity index is 2.13. The second-order valence-electron chi connectivity index (χ2n) is 6.28. The molecule has 29 heavy (non-hydrogen) atoms. The molecular formula is C20H15F2N5O2. The van der Waals surface area contributed by atoms with Crippen LogP contribution in [0, 0.1) is 11.6 Å². The van der Waals surface area contributed by atoms with Gasteiger partial charge in [0.1, 0.15) is 17.2 Å². The number of nitrogens with zero attached hydrogens (tertiary/aromatic N) is 4. The molecule has 0 atom stereocenters. The molecule has 0 spiro atoms. The van der Waals surface area contributed by atoms with E-state index in [1.807, 2.05) is 0 Å². The number of hydrogen-bond acceptors (Lipinski definition) is 4. The Morgan fingerprint density at radius 1 is 1.07 bits per heavy atom. The topological polar surface area (TPSA) is 95.8 Å². The number of imidazole rings is 1. The maximum atomic E-state index is 13.7. The van der Waals surface area contributed by atoms with Crippen molar-refractivity contribution in [2.45, 2.75) is 13.5 Å². The molecule has 7 nitrogen and oxygen atoms in total. The third kappa shape index (κ3) is 3.06. The SMILES string of the molecule is CCn1c(=O)n(-c2ccc(F)cc2)c2nc(-c3cccc(F)c3)nc(C(N)=O)c21. The number of aryl methyl sites for hydroxylation is 1. The number of primary amides is 1. The Bertz CT molecular complexity index is 1310. The van der Waals surface area contributed by atoms with E-state index in [1.54, 1.807) is 13.0 Å². The summed E-state index contributed by atoms with van der Waals surface area (Å²) in [7, 11) is 0. The summed E-state index contributed by atoms with van der Waals surface area (Å²) in [4.78, 5) is 33.8. The van der Waals surface area contributed by atoms with E-state index in [0.29, 0.717) is 11.3 Å². The number of nitrogens with two attached hydrogens (primary N) is 1. The van der Waals surface area contributed by atoms with E-state index in [0.717, 1.165) is 0 Å². The molecule has 2 aromatic heterocycles. The van der Waals surface area contributed by atoms with Crippen LogP contribution in [0.15, 0.2) is 53.3 Å². The van der Waals surface area contributed by atoms with Gasteiger partial charge >= 0.3 is 5.69 Å². The molecule has 0 aliphatic heterocycles. The van der Waals surface area contributed by atoms with Crippen molar-refractivity contribution in [2.75, 3.05) is 0 Å². The fourth-order valence-electron chi connectivity index (χ4n) is 3.20. The molecule has 1 amide bonds. The van der Waals surface area contributed by atoms with Gasteiger partial charge in [0.05, 0.1) is 5.69 Å². The zero-order chi connectivity index (χ0) is 20.7. The molecule has 0 saturated heterocycles. The van der Waals surface area contributed by atoms with Gasteiger partial charge < -0.3 is 5.73 Å². The van der Waals surface area contributed by atoms with Crippen LogP contribution < -0.4 is 11.4 Å². The number of hydrogen-bond donors (Lipinski definition) is 1. The lowest BCUT2D eigenvalue weighted by Gasteiger charge is -2.07. The molecule has 146 valence electrons. The first-order chi connectivity index (χ1) is 13.9. The normalized spacial score (nSPS) is 11.1. The molecule has 0 fully saturated rings. The van der Waals surface area contributed by atoms with Crippen LogP contribution in [0.5, 0.6) is 0 Å². The monoisotopic (exact) mass is 395 g/mol. The summed E-state index contributed by atoms with van der Waals surface area (Å²) < 4.78 is 29.6. The summed E-state index contributed by atoms with van der Waals surface area (Å²) in [6.07, 6.45) is 0. The lowest BCUT2D eigenvalue weighted by Crippen LogP contribution is -2.23. The molecule has 2 N–H and O–H groups in total. The number of amides is 1. The highest BCUT2D eigenvalue weighted by atomic mass is 19.1. The van der Waals surface area contributed by atoms with E-state index in [4.69, 9.17) is 5.73 Å². The second-order valence-corrected chi connectivity index (χ2v) is 6.28. The summed E-state index contributed by atoms with van der Waals surface area (Å²) in [5.41, 5.74) is 5.83. The largest absolute Gasteiger partial charge is 0.364 e. The third-order valence-corrected chi connectivity index (χ3v) is 4.49.